The van der Waals surface area contributed by atoms with Gasteiger partial charge in [-0.05, 0) is 54.0 Å². The molecule has 1 atom stereocenters. The minimum absolute atomic E-state index is 0.155. The second-order valence-corrected chi connectivity index (χ2v) is 6.01. The van der Waals surface area contributed by atoms with Crippen LogP contribution in [-0.2, 0) is 7.05 Å². The normalized spacial score (nSPS) is 12.4. The monoisotopic (exact) mass is 324 g/mol. The summed E-state index contributed by atoms with van der Waals surface area (Å²) in [6.07, 6.45) is 1.51. The summed E-state index contributed by atoms with van der Waals surface area (Å²) < 4.78 is 6.22. The van der Waals surface area contributed by atoms with Gasteiger partial charge >= 0.3 is 0 Å². The topological polar surface area (TPSA) is 78.6 Å². The quantitative estimate of drug-likeness (QED) is 0.718. The van der Waals surface area contributed by atoms with Crippen molar-refractivity contribution in [2.24, 2.45) is 13.0 Å². The Bertz CT molecular complexity index is 815. The molecule has 0 aliphatic heterocycles. The molecule has 124 valence electrons. The van der Waals surface area contributed by atoms with Gasteiger partial charge in [0.05, 0.1) is 7.05 Å². The van der Waals surface area contributed by atoms with Gasteiger partial charge in [0, 0.05) is 11.8 Å². The third kappa shape index (κ3) is 3.40. The summed E-state index contributed by atoms with van der Waals surface area (Å²) in [5.41, 5.74) is 2.75. The van der Waals surface area contributed by atoms with Crippen LogP contribution in [0.25, 0.3) is 11.4 Å². The van der Waals surface area contributed by atoms with Gasteiger partial charge in [0.1, 0.15) is 17.5 Å². The molecule has 0 saturated heterocycles. The molecule has 7 nitrogen and oxygen atoms in total. The standard InChI is InChI=1S/C17H20N6O/c1-11(2)16(14-6-5-9-18-19-14)24-15-8-7-13(10-12(15)3)17-20-22-23(4)21-17/h5-11,16H,1-4H3. The fourth-order valence-electron chi connectivity index (χ4n) is 2.46. The maximum Gasteiger partial charge on any atom is 0.204 e. The zero-order valence-corrected chi connectivity index (χ0v) is 14.2. The van der Waals surface area contributed by atoms with Crippen molar-refractivity contribution >= 4 is 0 Å². The molecule has 24 heavy (non-hydrogen) atoms. The van der Waals surface area contributed by atoms with Gasteiger partial charge in [-0.3, -0.25) is 0 Å². The molecule has 1 aromatic carbocycles. The lowest BCUT2D eigenvalue weighted by Crippen LogP contribution is -2.16. The highest BCUT2D eigenvalue weighted by molar-refractivity contribution is 5.57. The Labute approximate surface area is 140 Å². The lowest BCUT2D eigenvalue weighted by atomic mass is 10.0. The smallest absolute Gasteiger partial charge is 0.204 e. The van der Waals surface area contributed by atoms with Gasteiger partial charge < -0.3 is 4.74 Å². The summed E-state index contributed by atoms with van der Waals surface area (Å²) in [7, 11) is 1.75. The van der Waals surface area contributed by atoms with E-state index in [9.17, 15) is 0 Å². The Morgan fingerprint density at radius 2 is 1.96 bits per heavy atom. The Kier molecular flexibility index (Phi) is 4.50. The zero-order chi connectivity index (χ0) is 17.1. The van der Waals surface area contributed by atoms with E-state index in [1.807, 2.05) is 37.3 Å². The van der Waals surface area contributed by atoms with Crippen LogP contribution in [0.5, 0.6) is 5.75 Å². The molecule has 0 bridgehead atoms. The highest BCUT2D eigenvalue weighted by Gasteiger charge is 2.20. The highest BCUT2D eigenvalue weighted by atomic mass is 16.5. The molecule has 0 radical (unpaired) electrons. The van der Waals surface area contributed by atoms with E-state index < -0.39 is 0 Å². The van der Waals surface area contributed by atoms with E-state index in [0.29, 0.717) is 5.82 Å². The first-order valence-corrected chi connectivity index (χ1v) is 7.84. The fourth-order valence-corrected chi connectivity index (χ4v) is 2.46. The molecule has 3 rings (SSSR count). The molecule has 0 spiro atoms. The van der Waals surface area contributed by atoms with Crippen molar-refractivity contribution in [2.75, 3.05) is 0 Å². The molecule has 0 aliphatic rings. The summed E-state index contributed by atoms with van der Waals surface area (Å²) >= 11 is 0. The molecular formula is C17H20N6O. The van der Waals surface area contributed by atoms with Gasteiger partial charge in [-0.1, -0.05) is 13.8 Å². The van der Waals surface area contributed by atoms with Crippen molar-refractivity contribution in [1.82, 2.24) is 30.4 Å². The molecule has 1 unspecified atom stereocenters. The van der Waals surface area contributed by atoms with Crippen molar-refractivity contribution in [3.63, 3.8) is 0 Å². The number of benzene rings is 1. The summed E-state index contributed by atoms with van der Waals surface area (Å²) in [4.78, 5) is 1.44. The van der Waals surface area contributed by atoms with E-state index in [1.165, 1.54) is 4.80 Å². The largest absolute Gasteiger partial charge is 0.484 e. The van der Waals surface area contributed by atoms with Gasteiger partial charge in [0.2, 0.25) is 5.82 Å². The summed E-state index contributed by atoms with van der Waals surface area (Å²) in [6, 6.07) is 9.68. The number of aromatic nitrogens is 6. The highest BCUT2D eigenvalue weighted by Crippen LogP contribution is 2.31. The van der Waals surface area contributed by atoms with E-state index in [1.54, 1.807) is 13.2 Å². The minimum Gasteiger partial charge on any atom is -0.484 e. The van der Waals surface area contributed by atoms with Gasteiger partial charge in [-0.25, -0.2) is 0 Å². The summed E-state index contributed by atoms with van der Waals surface area (Å²) in [5, 5.41) is 20.3. The molecular weight excluding hydrogens is 304 g/mol. The van der Waals surface area contributed by atoms with Crippen LogP contribution in [0.1, 0.15) is 31.2 Å². The summed E-state index contributed by atoms with van der Waals surface area (Å²) in [6.45, 7) is 6.21. The number of tetrazole rings is 1. The maximum atomic E-state index is 6.22. The molecule has 0 N–H and O–H groups in total. The molecule has 2 aromatic heterocycles. The lowest BCUT2D eigenvalue weighted by Gasteiger charge is -2.22. The van der Waals surface area contributed by atoms with Gasteiger partial charge in [-0.2, -0.15) is 15.0 Å². The number of ether oxygens (including phenoxy) is 1. The number of rotatable bonds is 5. The number of hydrogen-bond acceptors (Lipinski definition) is 6. The zero-order valence-electron chi connectivity index (χ0n) is 14.2. The molecule has 3 aromatic rings. The third-order valence-corrected chi connectivity index (χ3v) is 3.69. The van der Waals surface area contributed by atoms with E-state index in [4.69, 9.17) is 4.74 Å². The second-order valence-electron chi connectivity index (χ2n) is 6.01. The lowest BCUT2D eigenvalue weighted by molar-refractivity contribution is 0.147. The van der Waals surface area contributed by atoms with E-state index in [-0.39, 0.29) is 12.0 Å². The molecule has 7 heteroatoms. The van der Waals surface area contributed by atoms with Crippen LogP contribution in [0.2, 0.25) is 0 Å². The Morgan fingerprint density at radius 1 is 1.12 bits per heavy atom. The van der Waals surface area contributed by atoms with Crippen LogP contribution in [-0.4, -0.2) is 30.4 Å². The Morgan fingerprint density at radius 3 is 2.54 bits per heavy atom. The SMILES string of the molecule is Cc1cc(-c2nnn(C)n2)ccc1OC(c1cccnn1)C(C)C. The van der Waals surface area contributed by atoms with E-state index in [2.05, 4.69) is 39.5 Å². The molecule has 0 aliphatic carbocycles. The first kappa shape index (κ1) is 16.0. The van der Waals surface area contributed by atoms with Crippen molar-refractivity contribution in [1.29, 1.82) is 0 Å². The van der Waals surface area contributed by atoms with Crippen LogP contribution < -0.4 is 4.74 Å². The van der Waals surface area contributed by atoms with Gasteiger partial charge in [0.15, 0.2) is 0 Å². The molecule has 0 amide bonds. The maximum absolute atomic E-state index is 6.22. The average molecular weight is 324 g/mol. The van der Waals surface area contributed by atoms with Gasteiger partial charge in [0.25, 0.3) is 0 Å². The van der Waals surface area contributed by atoms with E-state index in [0.717, 1.165) is 22.6 Å². The average Bonchev–Trinajstić information content (AvgIpc) is 3.00. The Hall–Kier alpha value is -2.83. The van der Waals surface area contributed by atoms with Crippen LogP contribution in [0.3, 0.4) is 0 Å². The second kappa shape index (κ2) is 6.74. The molecule has 0 fully saturated rings. The number of aryl methyl sites for hydroxylation is 2. The fraction of sp³-hybridized carbons (Fsp3) is 0.353. The predicted molar refractivity (Wildman–Crippen MR) is 89.2 cm³/mol. The number of hydrogen-bond donors (Lipinski definition) is 0. The first-order valence-electron chi connectivity index (χ1n) is 7.84. The van der Waals surface area contributed by atoms with Gasteiger partial charge in [-0.15, -0.1) is 10.2 Å². The van der Waals surface area contributed by atoms with E-state index >= 15 is 0 Å². The van der Waals surface area contributed by atoms with Crippen molar-refractivity contribution in [3.8, 4) is 17.1 Å². The van der Waals surface area contributed by atoms with Crippen molar-refractivity contribution in [3.05, 3.63) is 47.8 Å². The third-order valence-electron chi connectivity index (χ3n) is 3.69. The number of nitrogens with zero attached hydrogens (tertiary/aromatic N) is 6. The molecule has 2 heterocycles. The first-order chi connectivity index (χ1) is 11.5. The van der Waals surface area contributed by atoms with Crippen LogP contribution in [0, 0.1) is 12.8 Å². The molecule has 0 saturated carbocycles. The van der Waals surface area contributed by atoms with Crippen molar-refractivity contribution < 1.29 is 4.74 Å². The van der Waals surface area contributed by atoms with Crippen LogP contribution in [0.4, 0.5) is 0 Å². The van der Waals surface area contributed by atoms with Crippen LogP contribution in [0.15, 0.2) is 36.5 Å². The predicted octanol–water partition coefficient (Wildman–Crippen LogP) is 2.75. The Balaban J connectivity index is 1.86. The minimum atomic E-state index is -0.155. The summed E-state index contributed by atoms with van der Waals surface area (Å²) in [5.74, 6) is 1.68. The van der Waals surface area contributed by atoms with Crippen LogP contribution >= 0.6 is 0 Å². The van der Waals surface area contributed by atoms with Crippen molar-refractivity contribution in [2.45, 2.75) is 26.9 Å².